The molecule has 1 atom stereocenters. The van der Waals surface area contributed by atoms with Gasteiger partial charge in [-0.1, -0.05) is 24.6 Å². The fourth-order valence-corrected chi connectivity index (χ4v) is 2.43. The fraction of sp³-hybridized carbons (Fsp3) is 0.389. The van der Waals surface area contributed by atoms with Crippen molar-refractivity contribution in [3.63, 3.8) is 0 Å². The van der Waals surface area contributed by atoms with Gasteiger partial charge in [0.05, 0.1) is 0 Å². The Bertz CT molecular complexity index is 689. The maximum atomic E-state index is 12.5. The summed E-state index contributed by atoms with van der Waals surface area (Å²) in [5.74, 6) is 0.249. The Morgan fingerprint density at radius 3 is 2.48 bits per heavy atom. The number of benzene rings is 1. The van der Waals surface area contributed by atoms with Gasteiger partial charge in [0.25, 0.3) is 5.91 Å². The Labute approximate surface area is 137 Å². The zero-order chi connectivity index (χ0) is 17.0. The van der Waals surface area contributed by atoms with Crippen LogP contribution in [0.4, 0.5) is 11.6 Å². The summed E-state index contributed by atoms with van der Waals surface area (Å²) in [6.07, 6.45) is 2.56. The molecular weight excluding hydrogens is 288 g/mol. The van der Waals surface area contributed by atoms with E-state index < -0.39 is 0 Å². The molecule has 5 nitrogen and oxygen atoms in total. The van der Waals surface area contributed by atoms with Gasteiger partial charge in [-0.15, -0.1) is 0 Å². The second kappa shape index (κ2) is 7.22. The highest BCUT2D eigenvalue weighted by Crippen LogP contribution is 2.22. The van der Waals surface area contributed by atoms with Gasteiger partial charge in [-0.2, -0.15) is 0 Å². The van der Waals surface area contributed by atoms with Gasteiger partial charge in [-0.3, -0.25) is 4.79 Å². The van der Waals surface area contributed by atoms with E-state index >= 15 is 0 Å². The zero-order valence-electron chi connectivity index (χ0n) is 14.4. The van der Waals surface area contributed by atoms with E-state index in [9.17, 15) is 4.79 Å². The van der Waals surface area contributed by atoms with Crippen molar-refractivity contribution in [2.75, 3.05) is 10.6 Å². The quantitative estimate of drug-likeness (QED) is 0.879. The number of nitrogens with one attached hydrogen (secondary N) is 2. The number of rotatable bonds is 5. The number of aryl methyl sites for hydroxylation is 3. The van der Waals surface area contributed by atoms with Gasteiger partial charge in [0.15, 0.2) is 0 Å². The monoisotopic (exact) mass is 312 g/mol. The van der Waals surface area contributed by atoms with Crippen molar-refractivity contribution in [1.82, 2.24) is 9.97 Å². The molecule has 1 unspecified atom stereocenters. The smallest absolute Gasteiger partial charge is 0.274 e. The van der Waals surface area contributed by atoms with Gasteiger partial charge >= 0.3 is 0 Å². The van der Waals surface area contributed by atoms with Gasteiger partial charge in [-0.25, -0.2) is 9.97 Å². The predicted molar refractivity (Wildman–Crippen MR) is 94.0 cm³/mol. The Hall–Kier alpha value is -2.43. The number of hydrogen-bond acceptors (Lipinski definition) is 4. The summed E-state index contributed by atoms with van der Waals surface area (Å²) < 4.78 is 0. The van der Waals surface area contributed by atoms with Crippen molar-refractivity contribution in [3.8, 4) is 0 Å². The molecule has 2 aromatic rings. The Balaban J connectivity index is 2.20. The lowest BCUT2D eigenvalue weighted by molar-refractivity contribution is 0.102. The van der Waals surface area contributed by atoms with E-state index in [-0.39, 0.29) is 11.9 Å². The second-order valence-electron chi connectivity index (χ2n) is 5.95. The van der Waals surface area contributed by atoms with E-state index in [1.807, 2.05) is 20.8 Å². The Morgan fingerprint density at radius 2 is 1.87 bits per heavy atom. The van der Waals surface area contributed by atoms with E-state index in [1.165, 1.54) is 5.56 Å². The van der Waals surface area contributed by atoms with Crippen LogP contribution in [0.3, 0.4) is 0 Å². The summed E-state index contributed by atoms with van der Waals surface area (Å²) in [5, 5.41) is 6.14. The van der Waals surface area contributed by atoms with Crippen LogP contribution in [0.2, 0.25) is 0 Å². The molecule has 5 heteroatoms. The molecule has 0 saturated heterocycles. The highest BCUT2D eigenvalue weighted by atomic mass is 16.1. The second-order valence-corrected chi connectivity index (χ2v) is 5.95. The first-order valence-corrected chi connectivity index (χ1v) is 7.89. The molecule has 0 radical (unpaired) electrons. The third kappa shape index (κ3) is 4.28. The van der Waals surface area contributed by atoms with Crippen molar-refractivity contribution in [1.29, 1.82) is 0 Å². The molecule has 2 N–H and O–H groups in total. The summed E-state index contributed by atoms with van der Waals surface area (Å²) in [4.78, 5) is 20.9. The van der Waals surface area contributed by atoms with E-state index in [0.29, 0.717) is 11.6 Å². The largest absolute Gasteiger partial charge is 0.352 e. The first-order chi connectivity index (χ1) is 10.9. The SMILES string of the molecule is CCC(C)Nc1nccc(C(=O)Nc2c(C)cc(C)cc2C)n1. The van der Waals surface area contributed by atoms with Crippen molar-refractivity contribution in [2.24, 2.45) is 0 Å². The van der Waals surface area contributed by atoms with Crippen molar-refractivity contribution >= 4 is 17.5 Å². The maximum Gasteiger partial charge on any atom is 0.274 e. The van der Waals surface area contributed by atoms with Gasteiger partial charge in [0, 0.05) is 17.9 Å². The van der Waals surface area contributed by atoms with Gasteiger partial charge in [0.2, 0.25) is 5.95 Å². The van der Waals surface area contributed by atoms with Crippen LogP contribution in [0.5, 0.6) is 0 Å². The molecule has 23 heavy (non-hydrogen) atoms. The standard InChI is InChI=1S/C18H24N4O/c1-6-14(5)20-18-19-8-7-15(21-18)17(23)22-16-12(3)9-11(2)10-13(16)4/h7-10,14H,6H2,1-5H3,(H,22,23)(H,19,20,21). The minimum atomic E-state index is -0.227. The molecule has 0 spiro atoms. The molecule has 1 aromatic heterocycles. The van der Waals surface area contributed by atoms with Crippen LogP contribution >= 0.6 is 0 Å². The normalized spacial score (nSPS) is 11.9. The van der Waals surface area contributed by atoms with Crippen molar-refractivity contribution in [2.45, 2.75) is 47.1 Å². The molecule has 1 amide bonds. The molecule has 122 valence electrons. The number of amides is 1. The van der Waals surface area contributed by atoms with Gasteiger partial charge in [-0.05, 0) is 51.3 Å². The number of carbonyl (C=O) groups excluding carboxylic acids is 1. The van der Waals surface area contributed by atoms with E-state index in [1.54, 1.807) is 12.3 Å². The molecule has 0 aliphatic heterocycles. The lowest BCUT2D eigenvalue weighted by atomic mass is 10.1. The van der Waals surface area contributed by atoms with Crippen LogP contribution < -0.4 is 10.6 Å². The summed E-state index contributed by atoms with van der Waals surface area (Å²) in [5.41, 5.74) is 4.46. The summed E-state index contributed by atoms with van der Waals surface area (Å²) in [7, 11) is 0. The van der Waals surface area contributed by atoms with Crippen LogP contribution in [0, 0.1) is 20.8 Å². The molecule has 0 aliphatic rings. The van der Waals surface area contributed by atoms with Gasteiger partial charge < -0.3 is 10.6 Å². The van der Waals surface area contributed by atoms with Gasteiger partial charge in [0.1, 0.15) is 5.69 Å². The summed E-state index contributed by atoms with van der Waals surface area (Å²) in [6.45, 7) is 10.2. The first kappa shape index (κ1) is 16.9. The molecule has 1 heterocycles. The van der Waals surface area contributed by atoms with Crippen LogP contribution in [0.15, 0.2) is 24.4 Å². The number of aromatic nitrogens is 2. The summed E-state index contributed by atoms with van der Waals surface area (Å²) >= 11 is 0. The third-order valence-electron chi connectivity index (χ3n) is 3.79. The van der Waals surface area contributed by atoms with E-state index in [4.69, 9.17) is 0 Å². The van der Waals surface area contributed by atoms with Crippen LogP contribution in [-0.4, -0.2) is 21.9 Å². The lowest BCUT2D eigenvalue weighted by Crippen LogP contribution is -2.19. The van der Waals surface area contributed by atoms with E-state index in [0.717, 1.165) is 23.2 Å². The molecule has 0 bridgehead atoms. The molecule has 2 rings (SSSR count). The number of hydrogen-bond donors (Lipinski definition) is 2. The molecule has 0 aliphatic carbocycles. The van der Waals surface area contributed by atoms with Crippen molar-refractivity contribution in [3.05, 3.63) is 46.8 Å². The minimum absolute atomic E-state index is 0.227. The third-order valence-corrected chi connectivity index (χ3v) is 3.79. The Morgan fingerprint density at radius 1 is 1.22 bits per heavy atom. The maximum absolute atomic E-state index is 12.5. The average molecular weight is 312 g/mol. The highest BCUT2D eigenvalue weighted by Gasteiger charge is 2.13. The van der Waals surface area contributed by atoms with Crippen LogP contribution in [-0.2, 0) is 0 Å². The summed E-state index contributed by atoms with van der Waals surface area (Å²) in [6, 6.07) is 5.99. The average Bonchev–Trinajstić information content (AvgIpc) is 2.50. The lowest BCUT2D eigenvalue weighted by Gasteiger charge is -2.14. The van der Waals surface area contributed by atoms with E-state index in [2.05, 4.69) is 46.6 Å². The molecular formula is C18H24N4O. The van der Waals surface area contributed by atoms with Crippen molar-refractivity contribution < 1.29 is 4.79 Å². The predicted octanol–water partition coefficient (Wildman–Crippen LogP) is 3.86. The topological polar surface area (TPSA) is 66.9 Å². The zero-order valence-corrected chi connectivity index (χ0v) is 14.4. The minimum Gasteiger partial charge on any atom is -0.352 e. The molecule has 0 fully saturated rings. The molecule has 0 saturated carbocycles. The van der Waals surface area contributed by atoms with Crippen LogP contribution in [0.25, 0.3) is 0 Å². The number of anilines is 2. The number of nitrogens with zero attached hydrogens (tertiary/aromatic N) is 2. The fourth-order valence-electron chi connectivity index (χ4n) is 2.43. The highest BCUT2D eigenvalue weighted by molar-refractivity contribution is 6.03. The van der Waals surface area contributed by atoms with Crippen LogP contribution in [0.1, 0.15) is 47.4 Å². The number of carbonyl (C=O) groups is 1. The Kier molecular flexibility index (Phi) is 5.32. The first-order valence-electron chi connectivity index (χ1n) is 7.89. The molecule has 1 aromatic carbocycles.